The van der Waals surface area contributed by atoms with Gasteiger partial charge in [0.2, 0.25) is 0 Å². The number of thiophene rings is 1. The molecule has 2 heterocycles. The van der Waals surface area contributed by atoms with Crippen molar-refractivity contribution in [2.45, 2.75) is 18.9 Å². The zero-order chi connectivity index (χ0) is 12.4. The van der Waals surface area contributed by atoms with Crippen molar-refractivity contribution in [1.82, 2.24) is 4.90 Å². The summed E-state index contributed by atoms with van der Waals surface area (Å²) in [6, 6.07) is 2.26. The number of nitrogens with two attached hydrogens (primary N) is 2. The molecule has 0 unspecified atom stereocenters. The number of amides is 1. The maximum atomic E-state index is 11.1. The third-order valence-electron chi connectivity index (χ3n) is 3.05. The first-order valence-corrected chi connectivity index (χ1v) is 6.52. The number of carbonyl (C=O) groups is 1. The number of nitrogens with one attached hydrogen (secondary N) is 1. The minimum Gasteiger partial charge on any atom is -0.397 e. The van der Waals surface area contributed by atoms with Crippen molar-refractivity contribution in [1.29, 1.82) is 0 Å². The number of primary amides is 1. The molecule has 1 amide bonds. The Morgan fingerprint density at radius 1 is 1.53 bits per heavy atom. The number of carbonyl (C=O) groups excluding carboxylic acids is 1. The average Bonchev–Trinajstić information content (AvgIpc) is 2.63. The van der Waals surface area contributed by atoms with Crippen LogP contribution in [0.1, 0.15) is 22.5 Å². The summed E-state index contributed by atoms with van der Waals surface area (Å²) in [5.41, 5.74) is 11.4. The van der Waals surface area contributed by atoms with Crippen LogP contribution in [0.15, 0.2) is 6.07 Å². The number of hydrogen-bond acceptors (Lipinski definition) is 5. The van der Waals surface area contributed by atoms with E-state index in [1.807, 2.05) is 0 Å². The molecule has 1 aliphatic rings. The fraction of sp³-hybridized carbons (Fsp3) is 0.545. The second kappa shape index (κ2) is 4.93. The lowest BCUT2D eigenvalue weighted by Crippen LogP contribution is -2.36. The smallest absolute Gasteiger partial charge is 0.260 e. The van der Waals surface area contributed by atoms with E-state index in [1.54, 1.807) is 6.07 Å². The molecule has 0 bridgehead atoms. The molecule has 5 N–H and O–H groups in total. The second-order valence-electron chi connectivity index (χ2n) is 4.48. The van der Waals surface area contributed by atoms with Gasteiger partial charge in [-0.05, 0) is 39.0 Å². The molecule has 6 heteroatoms. The van der Waals surface area contributed by atoms with Crippen molar-refractivity contribution in [2.75, 3.05) is 31.2 Å². The Kier molecular flexibility index (Phi) is 3.54. The molecule has 1 aromatic rings. The normalized spacial score (nSPS) is 18.2. The van der Waals surface area contributed by atoms with Crippen LogP contribution in [0.25, 0.3) is 0 Å². The first kappa shape index (κ1) is 12.2. The summed E-state index contributed by atoms with van der Waals surface area (Å²) >= 11 is 1.34. The SMILES string of the molecule is CN1CCC(Nc2cc(N)c(C(N)=O)s2)CC1. The van der Waals surface area contributed by atoms with Gasteiger partial charge in [-0.2, -0.15) is 0 Å². The Morgan fingerprint density at radius 3 is 2.71 bits per heavy atom. The number of likely N-dealkylation sites (tertiary alicyclic amines) is 1. The number of anilines is 2. The van der Waals surface area contributed by atoms with Crippen LogP contribution in [0.2, 0.25) is 0 Å². The van der Waals surface area contributed by atoms with Crippen LogP contribution >= 0.6 is 11.3 Å². The van der Waals surface area contributed by atoms with Crippen LogP contribution in [0.4, 0.5) is 10.7 Å². The van der Waals surface area contributed by atoms with E-state index >= 15 is 0 Å². The Hall–Kier alpha value is -1.27. The van der Waals surface area contributed by atoms with Crippen LogP contribution in [0, 0.1) is 0 Å². The van der Waals surface area contributed by atoms with Gasteiger partial charge in [-0.25, -0.2) is 0 Å². The van der Waals surface area contributed by atoms with Crippen LogP contribution in [-0.2, 0) is 0 Å². The summed E-state index contributed by atoms with van der Waals surface area (Å²) in [5, 5.41) is 4.36. The molecule has 1 aromatic heterocycles. The summed E-state index contributed by atoms with van der Waals surface area (Å²) < 4.78 is 0. The zero-order valence-corrected chi connectivity index (χ0v) is 10.7. The highest BCUT2D eigenvalue weighted by atomic mass is 32.1. The Morgan fingerprint density at radius 2 is 2.18 bits per heavy atom. The molecule has 5 nitrogen and oxygen atoms in total. The molecule has 94 valence electrons. The molecule has 0 saturated carbocycles. The molecule has 1 fully saturated rings. The molecule has 1 saturated heterocycles. The van der Waals surface area contributed by atoms with Crippen molar-refractivity contribution in [3.8, 4) is 0 Å². The van der Waals surface area contributed by atoms with E-state index < -0.39 is 5.91 Å². The summed E-state index contributed by atoms with van der Waals surface area (Å²) in [7, 11) is 2.13. The van der Waals surface area contributed by atoms with Crippen molar-refractivity contribution in [3.63, 3.8) is 0 Å². The van der Waals surface area contributed by atoms with Crippen molar-refractivity contribution < 1.29 is 4.79 Å². The summed E-state index contributed by atoms with van der Waals surface area (Å²) in [5.74, 6) is -0.455. The molecule has 0 spiro atoms. The van der Waals surface area contributed by atoms with Crippen LogP contribution in [-0.4, -0.2) is 37.0 Å². The van der Waals surface area contributed by atoms with Gasteiger partial charge in [0.1, 0.15) is 4.88 Å². The maximum Gasteiger partial charge on any atom is 0.260 e. The van der Waals surface area contributed by atoms with Gasteiger partial charge in [0, 0.05) is 6.04 Å². The van der Waals surface area contributed by atoms with E-state index in [-0.39, 0.29) is 0 Å². The quantitative estimate of drug-likeness (QED) is 0.749. The van der Waals surface area contributed by atoms with Gasteiger partial charge in [0.25, 0.3) is 5.91 Å². The second-order valence-corrected chi connectivity index (χ2v) is 5.53. The molecule has 0 aliphatic carbocycles. The van der Waals surface area contributed by atoms with Gasteiger partial charge in [-0.3, -0.25) is 4.79 Å². The topological polar surface area (TPSA) is 84.4 Å². The molecule has 0 atom stereocenters. The monoisotopic (exact) mass is 254 g/mol. The van der Waals surface area contributed by atoms with Crippen molar-refractivity contribution in [2.24, 2.45) is 5.73 Å². The Balaban J connectivity index is 1.99. The van der Waals surface area contributed by atoms with Gasteiger partial charge in [0.05, 0.1) is 10.7 Å². The first-order valence-electron chi connectivity index (χ1n) is 5.70. The van der Waals surface area contributed by atoms with E-state index in [9.17, 15) is 4.79 Å². The highest BCUT2D eigenvalue weighted by Crippen LogP contribution is 2.30. The fourth-order valence-electron chi connectivity index (χ4n) is 2.02. The Labute approximate surface area is 105 Å². The lowest BCUT2D eigenvalue weighted by atomic mass is 10.1. The minimum atomic E-state index is -0.455. The average molecular weight is 254 g/mol. The van der Waals surface area contributed by atoms with E-state index in [0.29, 0.717) is 16.6 Å². The predicted molar refractivity (Wildman–Crippen MR) is 71.4 cm³/mol. The zero-order valence-electron chi connectivity index (χ0n) is 9.90. The molecule has 0 aromatic carbocycles. The van der Waals surface area contributed by atoms with Crippen LogP contribution in [0.5, 0.6) is 0 Å². The highest BCUT2D eigenvalue weighted by molar-refractivity contribution is 7.18. The molecule has 2 rings (SSSR count). The number of nitrogens with zero attached hydrogens (tertiary/aromatic N) is 1. The molecule has 1 aliphatic heterocycles. The standard InChI is InChI=1S/C11H18N4OS/c1-15-4-2-7(3-5-15)14-9-6-8(12)10(17-9)11(13)16/h6-7,14H,2-5,12H2,1H3,(H2,13,16). The third kappa shape index (κ3) is 2.89. The van der Waals surface area contributed by atoms with Gasteiger partial charge < -0.3 is 21.7 Å². The fourth-order valence-corrected chi connectivity index (χ4v) is 2.93. The lowest BCUT2D eigenvalue weighted by Gasteiger charge is -2.29. The number of piperidine rings is 1. The molecular formula is C11H18N4OS. The number of rotatable bonds is 3. The molecule has 17 heavy (non-hydrogen) atoms. The number of hydrogen-bond donors (Lipinski definition) is 3. The van der Waals surface area contributed by atoms with Gasteiger partial charge >= 0.3 is 0 Å². The Bertz CT molecular complexity index is 410. The molecular weight excluding hydrogens is 236 g/mol. The summed E-state index contributed by atoms with van der Waals surface area (Å²) in [6.45, 7) is 2.20. The lowest BCUT2D eigenvalue weighted by molar-refractivity contribution is 0.100. The van der Waals surface area contributed by atoms with Gasteiger partial charge in [-0.1, -0.05) is 0 Å². The number of nitrogen functional groups attached to an aromatic ring is 1. The molecule has 0 radical (unpaired) electrons. The first-order chi connectivity index (χ1) is 8.06. The summed E-state index contributed by atoms with van der Waals surface area (Å²) in [4.78, 5) is 13.8. The van der Waals surface area contributed by atoms with E-state index in [1.165, 1.54) is 11.3 Å². The summed E-state index contributed by atoms with van der Waals surface area (Å²) in [6.07, 6.45) is 2.22. The van der Waals surface area contributed by atoms with E-state index in [4.69, 9.17) is 11.5 Å². The van der Waals surface area contributed by atoms with E-state index in [2.05, 4.69) is 17.3 Å². The van der Waals surface area contributed by atoms with Crippen molar-refractivity contribution in [3.05, 3.63) is 10.9 Å². The van der Waals surface area contributed by atoms with Gasteiger partial charge in [0.15, 0.2) is 0 Å². The predicted octanol–water partition coefficient (Wildman–Crippen LogP) is 0.935. The van der Waals surface area contributed by atoms with Crippen molar-refractivity contribution >= 4 is 27.9 Å². The largest absolute Gasteiger partial charge is 0.397 e. The maximum absolute atomic E-state index is 11.1. The van der Waals surface area contributed by atoms with E-state index in [0.717, 1.165) is 30.9 Å². The van der Waals surface area contributed by atoms with Crippen LogP contribution in [0.3, 0.4) is 0 Å². The van der Waals surface area contributed by atoms with Gasteiger partial charge in [-0.15, -0.1) is 11.3 Å². The van der Waals surface area contributed by atoms with Crippen LogP contribution < -0.4 is 16.8 Å². The minimum absolute atomic E-state index is 0.445. The highest BCUT2D eigenvalue weighted by Gasteiger charge is 2.18. The third-order valence-corrected chi connectivity index (χ3v) is 4.15.